The molecule has 2 aromatic rings. The van der Waals surface area contributed by atoms with Gasteiger partial charge < -0.3 is 5.73 Å². The van der Waals surface area contributed by atoms with Gasteiger partial charge in [-0.25, -0.2) is 9.67 Å². The van der Waals surface area contributed by atoms with Crippen molar-refractivity contribution in [1.82, 2.24) is 9.36 Å². The Morgan fingerprint density at radius 2 is 1.78 bits per heavy atom. The Kier molecular flexibility index (Phi) is 2.87. The number of nitrogens with two attached hydrogens (primary N) is 1. The van der Waals surface area contributed by atoms with Crippen LogP contribution < -0.4 is 11.3 Å². The molecule has 2 N–H and O–H groups in total. The Morgan fingerprint density at radius 1 is 1.09 bits per heavy atom. The third kappa shape index (κ3) is 1.91. The number of benzene rings is 1. The number of fused-ring (bicyclic) bond motifs is 2. The number of anilines is 1. The Balaban J connectivity index is 1.93. The minimum Gasteiger partial charge on any atom is -0.382 e. The molecule has 0 saturated heterocycles. The fourth-order valence-electron chi connectivity index (χ4n) is 3.21. The summed E-state index contributed by atoms with van der Waals surface area (Å²) in [7, 11) is 0. The van der Waals surface area contributed by atoms with Crippen LogP contribution in [0.3, 0.4) is 0 Å². The third-order valence-corrected chi connectivity index (χ3v) is 4.38. The molecule has 2 heterocycles. The molecule has 0 radical (unpaired) electrons. The number of hydrogen-bond acceptors (Lipinski definition) is 4. The van der Waals surface area contributed by atoms with E-state index in [-0.39, 0.29) is 17.0 Å². The Morgan fingerprint density at radius 3 is 2.52 bits per heavy atom. The lowest BCUT2D eigenvalue weighted by molar-refractivity contribution is 0.103. The highest BCUT2D eigenvalue weighted by Crippen LogP contribution is 2.26. The number of aromatic nitrogens is 2. The minimum atomic E-state index is -0.173. The van der Waals surface area contributed by atoms with Crippen molar-refractivity contribution in [3.63, 3.8) is 0 Å². The van der Waals surface area contributed by atoms with Crippen molar-refractivity contribution in [3.05, 3.63) is 57.4 Å². The van der Waals surface area contributed by atoms with Crippen molar-refractivity contribution in [2.45, 2.75) is 26.4 Å². The summed E-state index contributed by atoms with van der Waals surface area (Å²) in [5, 5.41) is 0. The summed E-state index contributed by atoms with van der Waals surface area (Å²) >= 11 is 0. The van der Waals surface area contributed by atoms with Crippen LogP contribution in [0.4, 0.5) is 11.5 Å². The first-order chi connectivity index (χ1) is 11.1. The number of rotatable bonds is 1. The molecular weight excluding hydrogens is 292 g/mol. The summed E-state index contributed by atoms with van der Waals surface area (Å²) in [6, 6.07) is 7.29. The zero-order chi connectivity index (χ0) is 16.1. The molecule has 0 bridgehead atoms. The maximum absolute atomic E-state index is 12.5. The van der Waals surface area contributed by atoms with Crippen LogP contribution in [-0.2, 0) is 13.1 Å². The third-order valence-electron chi connectivity index (χ3n) is 4.38. The fourth-order valence-corrected chi connectivity index (χ4v) is 3.21. The molecule has 1 aromatic carbocycles. The maximum Gasteiger partial charge on any atom is 0.294 e. The van der Waals surface area contributed by atoms with Gasteiger partial charge in [0, 0.05) is 24.2 Å². The average Bonchev–Trinajstić information content (AvgIpc) is 3.12. The number of aliphatic imine (C=N–C) groups is 1. The van der Waals surface area contributed by atoms with Crippen molar-refractivity contribution in [2.75, 3.05) is 5.73 Å². The zero-order valence-corrected chi connectivity index (χ0v) is 12.7. The van der Waals surface area contributed by atoms with Crippen LogP contribution in [0, 0.1) is 0 Å². The van der Waals surface area contributed by atoms with Crippen LogP contribution in [0.25, 0.3) is 0 Å². The molecule has 4 rings (SSSR count). The molecule has 0 atom stereocenters. The van der Waals surface area contributed by atoms with E-state index in [1.165, 1.54) is 0 Å². The van der Waals surface area contributed by atoms with E-state index in [0.717, 1.165) is 18.5 Å². The van der Waals surface area contributed by atoms with Gasteiger partial charge in [0.15, 0.2) is 17.3 Å². The second kappa shape index (κ2) is 4.81. The van der Waals surface area contributed by atoms with Crippen LogP contribution >= 0.6 is 0 Å². The van der Waals surface area contributed by atoms with Gasteiger partial charge in [0.25, 0.3) is 5.56 Å². The summed E-state index contributed by atoms with van der Waals surface area (Å²) in [6.07, 6.45) is 2.63. The van der Waals surface area contributed by atoms with Crippen molar-refractivity contribution >= 4 is 23.0 Å². The molecular formula is C17H16N4O2. The molecule has 6 heteroatoms. The Bertz CT molecular complexity index is 959. The number of Topliss-reactive ketones (excluding diaryl/α,β-unsaturated/α-hetero) is 1. The fraction of sp³-hybridized carbons (Fsp3) is 0.235. The van der Waals surface area contributed by atoms with Gasteiger partial charge in [0.05, 0.1) is 5.71 Å². The number of nitrogen functional groups attached to an aromatic ring is 1. The summed E-state index contributed by atoms with van der Waals surface area (Å²) < 4.78 is 3.41. The topological polar surface area (TPSA) is 82.4 Å². The molecule has 2 aliphatic rings. The van der Waals surface area contributed by atoms with Crippen LogP contribution in [0.2, 0.25) is 0 Å². The molecule has 0 unspecified atom stereocenters. The van der Waals surface area contributed by atoms with Crippen molar-refractivity contribution in [3.8, 4) is 0 Å². The zero-order valence-electron chi connectivity index (χ0n) is 12.7. The highest BCUT2D eigenvalue weighted by Gasteiger charge is 2.24. The van der Waals surface area contributed by atoms with Gasteiger partial charge in [-0.15, -0.1) is 0 Å². The minimum absolute atomic E-state index is 0.0105. The molecule has 116 valence electrons. The van der Waals surface area contributed by atoms with E-state index in [4.69, 9.17) is 5.73 Å². The molecule has 1 aliphatic heterocycles. The van der Waals surface area contributed by atoms with Gasteiger partial charge >= 0.3 is 0 Å². The van der Waals surface area contributed by atoms with E-state index < -0.39 is 0 Å². The molecule has 6 nitrogen and oxygen atoms in total. The molecule has 0 spiro atoms. The lowest BCUT2D eigenvalue weighted by Gasteiger charge is -2.15. The van der Waals surface area contributed by atoms with E-state index >= 15 is 0 Å². The van der Waals surface area contributed by atoms with Gasteiger partial charge in [0.2, 0.25) is 0 Å². The average molecular weight is 308 g/mol. The number of carbonyl (C=O) groups is 1. The second-order valence-corrected chi connectivity index (χ2v) is 5.84. The number of ketones is 1. The Labute approximate surface area is 132 Å². The highest BCUT2D eigenvalue weighted by atomic mass is 16.1. The van der Waals surface area contributed by atoms with Crippen LogP contribution in [-0.4, -0.2) is 20.9 Å². The number of hydrogen-bond donors (Lipinski definition) is 1. The molecule has 1 aliphatic carbocycles. The van der Waals surface area contributed by atoms with Crippen molar-refractivity contribution < 1.29 is 4.79 Å². The SMILES string of the molecule is CC1=C/C(=N\c2c(N)n3n(c2=O)CCC3)c2ccccc2C1=O. The predicted octanol–water partition coefficient (Wildman–Crippen LogP) is 1.90. The van der Waals surface area contributed by atoms with E-state index in [2.05, 4.69) is 4.99 Å². The van der Waals surface area contributed by atoms with Gasteiger partial charge in [-0.05, 0) is 25.0 Å². The second-order valence-electron chi connectivity index (χ2n) is 5.84. The first-order valence-electron chi connectivity index (χ1n) is 7.58. The normalized spacial score (nSPS) is 18.0. The smallest absolute Gasteiger partial charge is 0.294 e. The van der Waals surface area contributed by atoms with Crippen LogP contribution in [0.15, 0.2) is 45.7 Å². The number of carbonyl (C=O) groups excluding carboxylic acids is 1. The Hall–Kier alpha value is -2.89. The van der Waals surface area contributed by atoms with Gasteiger partial charge in [-0.2, -0.15) is 0 Å². The van der Waals surface area contributed by atoms with Gasteiger partial charge in [0.1, 0.15) is 0 Å². The molecule has 0 amide bonds. The highest BCUT2D eigenvalue weighted by molar-refractivity contribution is 6.26. The van der Waals surface area contributed by atoms with Crippen molar-refractivity contribution in [1.29, 1.82) is 0 Å². The molecule has 0 fully saturated rings. The largest absolute Gasteiger partial charge is 0.382 e. The first kappa shape index (κ1) is 13.8. The van der Waals surface area contributed by atoms with Crippen LogP contribution in [0.5, 0.6) is 0 Å². The van der Waals surface area contributed by atoms with E-state index in [1.54, 1.807) is 28.4 Å². The molecule has 23 heavy (non-hydrogen) atoms. The monoisotopic (exact) mass is 308 g/mol. The van der Waals surface area contributed by atoms with E-state index in [9.17, 15) is 9.59 Å². The summed E-state index contributed by atoms with van der Waals surface area (Å²) in [4.78, 5) is 29.2. The number of allylic oxidation sites excluding steroid dienone is 2. The number of nitrogens with zero attached hydrogens (tertiary/aromatic N) is 3. The standard InChI is InChI=1S/C17H16N4O2/c1-10-9-13(11-5-2-3-6-12(11)15(10)22)19-14-16(18)20-7-4-8-21(20)17(14)23/h2-3,5-6,9H,4,7-8,18H2,1H3/b19-13+. The van der Waals surface area contributed by atoms with E-state index in [1.807, 2.05) is 18.2 Å². The first-order valence-corrected chi connectivity index (χ1v) is 7.58. The molecule has 1 aromatic heterocycles. The van der Waals surface area contributed by atoms with Gasteiger partial charge in [-0.3, -0.25) is 14.3 Å². The van der Waals surface area contributed by atoms with Crippen molar-refractivity contribution in [2.24, 2.45) is 4.99 Å². The van der Waals surface area contributed by atoms with E-state index in [0.29, 0.717) is 29.2 Å². The quantitative estimate of drug-likeness (QED) is 0.873. The maximum atomic E-state index is 12.5. The summed E-state index contributed by atoms with van der Waals surface area (Å²) in [6.45, 7) is 3.15. The van der Waals surface area contributed by atoms with Gasteiger partial charge in [-0.1, -0.05) is 24.3 Å². The lowest BCUT2D eigenvalue weighted by Crippen LogP contribution is -2.18. The summed E-state index contributed by atoms with van der Waals surface area (Å²) in [5.74, 6) is 0.379. The summed E-state index contributed by atoms with van der Waals surface area (Å²) in [5.41, 5.74) is 8.74. The predicted molar refractivity (Wildman–Crippen MR) is 88.4 cm³/mol. The van der Waals surface area contributed by atoms with Crippen LogP contribution in [0.1, 0.15) is 29.3 Å². The molecule has 0 saturated carbocycles. The lowest BCUT2D eigenvalue weighted by atomic mass is 9.90.